The zero-order valence-electron chi connectivity index (χ0n) is 18.2. The highest BCUT2D eigenvalue weighted by Crippen LogP contribution is 2.32. The molecule has 0 atom stereocenters. The number of aryl methyl sites for hydroxylation is 2. The minimum absolute atomic E-state index is 0.0641. The van der Waals surface area contributed by atoms with Crippen LogP contribution in [0, 0.1) is 13.8 Å². The normalized spacial score (nSPS) is 10.8. The molecule has 0 saturated heterocycles. The van der Waals surface area contributed by atoms with E-state index in [1.807, 2.05) is 0 Å². The molecule has 0 aliphatic rings. The molecule has 168 valence electrons. The maximum atomic E-state index is 13.0. The number of ether oxygens (including phenoxy) is 1. The third-order valence-electron chi connectivity index (χ3n) is 4.95. The van der Waals surface area contributed by atoms with Gasteiger partial charge in [0.15, 0.2) is 0 Å². The Morgan fingerprint density at radius 1 is 0.970 bits per heavy atom. The van der Waals surface area contributed by atoms with Crippen LogP contribution in [0.15, 0.2) is 57.5 Å². The van der Waals surface area contributed by atoms with Crippen LogP contribution in [0.2, 0.25) is 0 Å². The summed E-state index contributed by atoms with van der Waals surface area (Å²) in [5, 5.41) is 9.86. The second kappa shape index (κ2) is 8.99. The lowest BCUT2D eigenvalue weighted by atomic mass is 10.1. The lowest BCUT2D eigenvalue weighted by molar-refractivity contribution is 0.0526. The minimum atomic E-state index is -0.566. The van der Waals surface area contributed by atoms with Crippen molar-refractivity contribution in [2.24, 2.45) is 0 Å². The van der Waals surface area contributed by atoms with Gasteiger partial charge in [0.05, 0.1) is 17.9 Å². The van der Waals surface area contributed by atoms with E-state index >= 15 is 0 Å². The predicted octanol–water partition coefficient (Wildman–Crippen LogP) is 4.72. The van der Waals surface area contributed by atoms with Crippen molar-refractivity contribution >= 4 is 40.1 Å². The molecule has 0 spiro atoms. The highest BCUT2D eigenvalue weighted by Gasteiger charge is 2.25. The van der Waals surface area contributed by atoms with Crippen molar-refractivity contribution in [2.75, 3.05) is 17.2 Å². The summed E-state index contributed by atoms with van der Waals surface area (Å²) < 4.78 is 15.8. The summed E-state index contributed by atoms with van der Waals surface area (Å²) in [6.07, 6.45) is 0. The van der Waals surface area contributed by atoms with Crippen LogP contribution in [0.5, 0.6) is 0 Å². The Labute approximate surface area is 188 Å². The molecular weight excluding hydrogens is 426 g/mol. The second-order valence-electron chi connectivity index (χ2n) is 7.21. The van der Waals surface area contributed by atoms with Crippen LogP contribution >= 0.6 is 0 Å². The van der Waals surface area contributed by atoms with Crippen LogP contribution in [0.4, 0.5) is 11.4 Å². The van der Waals surface area contributed by atoms with E-state index in [9.17, 15) is 14.4 Å². The van der Waals surface area contributed by atoms with Crippen molar-refractivity contribution in [3.63, 3.8) is 0 Å². The van der Waals surface area contributed by atoms with Crippen LogP contribution in [0.25, 0.3) is 11.0 Å². The van der Waals surface area contributed by atoms with Gasteiger partial charge in [0, 0.05) is 11.1 Å². The van der Waals surface area contributed by atoms with Gasteiger partial charge in [-0.05, 0) is 57.2 Å². The zero-order chi connectivity index (χ0) is 23.5. The maximum absolute atomic E-state index is 13.0. The molecule has 0 aliphatic heterocycles. The topological polar surface area (TPSA) is 124 Å². The van der Waals surface area contributed by atoms with E-state index < -0.39 is 17.8 Å². The Balaban J connectivity index is 1.63. The first-order chi connectivity index (χ1) is 15.9. The van der Waals surface area contributed by atoms with Crippen LogP contribution in [-0.2, 0) is 4.74 Å². The summed E-state index contributed by atoms with van der Waals surface area (Å²) in [6, 6.07) is 13.2. The Kier molecular flexibility index (Phi) is 5.95. The summed E-state index contributed by atoms with van der Waals surface area (Å²) in [4.78, 5) is 37.8. The number of carbonyl (C=O) groups excluding carboxylic acids is 3. The number of benzene rings is 2. The fourth-order valence-electron chi connectivity index (χ4n) is 3.40. The van der Waals surface area contributed by atoms with E-state index in [0.29, 0.717) is 39.2 Å². The fourth-order valence-corrected chi connectivity index (χ4v) is 3.40. The van der Waals surface area contributed by atoms with Gasteiger partial charge in [-0.3, -0.25) is 9.59 Å². The molecule has 9 nitrogen and oxygen atoms in total. The van der Waals surface area contributed by atoms with Crippen molar-refractivity contribution < 1.29 is 28.1 Å². The highest BCUT2D eigenvalue weighted by atomic mass is 16.5. The second-order valence-corrected chi connectivity index (χ2v) is 7.21. The van der Waals surface area contributed by atoms with E-state index in [2.05, 4.69) is 15.8 Å². The largest absolute Gasteiger partial charge is 0.462 e. The van der Waals surface area contributed by atoms with Crippen LogP contribution in [-0.4, -0.2) is 29.5 Å². The van der Waals surface area contributed by atoms with E-state index in [-0.39, 0.29) is 18.1 Å². The van der Waals surface area contributed by atoms with Gasteiger partial charge in [0.2, 0.25) is 5.76 Å². The summed E-state index contributed by atoms with van der Waals surface area (Å²) in [5.41, 5.74) is 2.21. The average molecular weight is 447 g/mol. The van der Waals surface area contributed by atoms with Crippen LogP contribution in [0.1, 0.15) is 49.6 Å². The van der Waals surface area contributed by atoms with Gasteiger partial charge in [0.1, 0.15) is 22.6 Å². The molecule has 33 heavy (non-hydrogen) atoms. The first kappa shape index (κ1) is 21.8. The van der Waals surface area contributed by atoms with Crippen molar-refractivity contribution in [1.29, 1.82) is 0 Å². The van der Waals surface area contributed by atoms with Gasteiger partial charge in [-0.1, -0.05) is 17.3 Å². The highest BCUT2D eigenvalue weighted by molar-refractivity contribution is 6.17. The maximum Gasteiger partial charge on any atom is 0.338 e. The molecule has 2 heterocycles. The molecular formula is C24H21N3O6. The number of fused-ring (bicyclic) bond motifs is 1. The molecule has 2 aromatic carbocycles. The molecule has 2 amide bonds. The number of amides is 2. The Bertz CT molecular complexity index is 1330. The molecule has 2 N–H and O–H groups in total. The zero-order valence-corrected chi connectivity index (χ0v) is 18.2. The van der Waals surface area contributed by atoms with Gasteiger partial charge >= 0.3 is 5.97 Å². The van der Waals surface area contributed by atoms with E-state index in [0.717, 1.165) is 0 Å². The van der Waals surface area contributed by atoms with Crippen molar-refractivity contribution in [1.82, 2.24) is 5.16 Å². The minimum Gasteiger partial charge on any atom is -0.462 e. The first-order valence-electron chi connectivity index (χ1n) is 10.2. The number of aromatic nitrogens is 1. The van der Waals surface area contributed by atoms with Gasteiger partial charge in [0.25, 0.3) is 11.8 Å². The number of carbonyl (C=O) groups is 3. The summed E-state index contributed by atoms with van der Waals surface area (Å²) >= 11 is 0. The summed E-state index contributed by atoms with van der Waals surface area (Å²) in [6.45, 7) is 5.29. The standard InChI is InChI=1S/C24H21N3O6/c1-4-31-24(30)15-9-11-16(12-10-15)25-23(29)21-20(17-7-5-6-8-18(17)32-21)26-22(28)19-13(2)27-33-14(19)3/h5-12H,4H2,1-3H3,(H,25,29)(H,26,28). The molecule has 0 unspecified atom stereocenters. The first-order valence-corrected chi connectivity index (χ1v) is 10.2. The monoisotopic (exact) mass is 447 g/mol. The van der Waals surface area contributed by atoms with Gasteiger partial charge in [-0.25, -0.2) is 4.79 Å². The van der Waals surface area contributed by atoms with Crippen molar-refractivity contribution in [2.45, 2.75) is 20.8 Å². The fraction of sp³-hybridized carbons (Fsp3) is 0.167. The lowest BCUT2D eigenvalue weighted by Gasteiger charge is -2.08. The number of esters is 1. The smallest absolute Gasteiger partial charge is 0.338 e. The Morgan fingerprint density at radius 3 is 2.36 bits per heavy atom. The molecule has 0 aliphatic carbocycles. The molecule has 9 heteroatoms. The Morgan fingerprint density at radius 2 is 1.70 bits per heavy atom. The average Bonchev–Trinajstić information content (AvgIpc) is 3.34. The predicted molar refractivity (Wildman–Crippen MR) is 120 cm³/mol. The molecule has 0 radical (unpaired) electrons. The molecule has 4 aromatic rings. The third-order valence-corrected chi connectivity index (χ3v) is 4.95. The number of nitrogens with one attached hydrogen (secondary N) is 2. The number of nitrogens with zero attached hydrogens (tertiary/aromatic N) is 1. The quantitative estimate of drug-likeness (QED) is 0.410. The molecule has 0 bridgehead atoms. The van der Waals surface area contributed by atoms with E-state index in [1.165, 1.54) is 0 Å². The van der Waals surface area contributed by atoms with E-state index in [1.54, 1.807) is 69.3 Å². The third kappa shape index (κ3) is 4.33. The van der Waals surface area contributed by atoms with Gasteiger partial charge < -0.3 is 24.3 Å². The molecule has 0 fully saturated rings. The van der Waals surface area contributed by atoms with Crippen molar-refractivity contribution in [3.8, 4) is 0 Å². The SMILES string of the molecule is CCOC(=O)c1ccc(NC(=O)c2oc3ccccc3c2NC(=O)c2c(C)noc2C)cc1. The molecule has 2 aromatic heterocycles. The van der Waals surface area contributed by atoms with Crippen LogP contribution in [0.3, 0.4) is 0 Å². The van der Waals surface area contributed by atoms with Crippen LogP contribution < -0.4 is 10.6 Å². The number of rotatable bonds is 6. The number of para-hydroxylation sites is 1. The van der Waals surface area contributed by atoms with Gasteiger partial charge in [-0.2, -0.15) is 0 Å². The summed E-state index contributed by atoms with van der Waals surface area (Å²) in [5.74, 6) is -1.18. The van der Waals surface area contributed by atoms with E-state index in [4.69, 9.17) is 13.7 Å². The number of furan rings is 1. The summed E-state index contributed by atoms with van der Waals surface area (Å²) in [7, 11) is 0. The molecule has 4 rings (SSSR count). The van der Waals surface area contributed by atoms with Gasteiger partial charge in [-0.15, -0.1) is 0 Å². The number of hydrogen-bond acceptors (Lipinski definition) is 7. The number of anilines is 2. The van der Waals surface area contributed by atoms with Crippen molar-refractivity contribution in [3.05, 3.63) is 76.9 Å². The Hall–Kier alpha value is -4.40. The lowest BCUT2D eigenvalue weighted by Crippen LogP contribution is -2.18. The molecule has 0 saturated carbocycles. The number of hydrogen-bond donors (Lipinski definition) is 2.